The third kappa shape index (κ3) is 3.65. The number of nitrogens with zero attached hydrogens (tertiary/aromatic N) is 3. The maximum atomic E-state index is 12.3. The van der Waals surface area contributed by atoms with Gasteiger partial charge in [0, 0.05) is 19.1 Å². The van der Waals surface area contributed by atoms with Crippen LogP contribution in [0, 0.1) is 0 Å². The Bertz CT molecular complexity index is 738. The van der Waals surface area contributed by atoms with Crippen molar-refractivity contribution in [2.75, 3.05) is 11.4 Å². The van der Waals surface area contributed by atoms with Crippen molar-refractivity contribution in [3.8, 4) is 0 Å². The SMILES string of the molecule is O=C(NC1CCCCC1)c1ccc(N2CCc3ccccc3C2)nn1. The van der Waals surface area contributed by atoms with Gasteiger partial charge < -0.3 is 10.2 Å². The average Bonchev–Trinajstić information content (AvgIpc) is 2.68. The van der Waals surface area contributed by atoms with E-state index in [1.165, 1.54) is 30.4 Å². The van der Waals surface area contributed by atoms with Gasteiger partial charge in [0.1, 0.15) is 0 Å². The summed E-state index contributed by atoms with van der Waals surface area (Å²) < 4.78 is 0. The zero-order valence-corrected chi connectivity index (χ0v) is 14.4. The van der Waals surface area contributed by atoms with Crippen LogP contribution in [0.25, 0.3) is 0 Å². The molecule has 0 saturated heterocycles. The number of rotatable bonds is 3. The fourth-order valence-electron chi connectivity index (χ4n) is 3.81. The van der Waals surface area contributed by atoms with E-state index in [0.717, 1.165) is 38.2 Å². The average molecular weight is 336 g/mol. The first kappa shape index (κ1) is 16.1. The van der Waals surface area contributed by atoms with Gasteiger partial charge in [-0.1, -0.05) is 43.5 Å². The molecule has 1 aromatic carbocycles. The van der Waals surface area contributed by atoms with Crippen LogP contribution >= 0.6 is 0 Å². The largest absolute Gasteiger partial charge is 0.350 e. The predicted octanol–water partition coefficient (Wildman–Crippen LogP) is 3.10. The summed E-state index contributed by atoms with van der Waals surface area (Å²) in [6.45, 7) is 1.78. The van der Waals surface area contributed by atoms with Gasteiger partial charge in [-0.15, -0.1) is 10.2 Å². The summed E-state index contributed by atoms with van der Waals surface area (Å²) in [5.74, 6) is 0.735. The molecule has 0 unspecified atom stereocenters. The Morgan fingerprint density at radius 2 is 1.80 bits per heavy atom. The third-order valence-electron chi connectivity index (χ3n) is 5.28. The fourth-order valence-corrected chi connectivity index (χ4v) is 3.81. The first-order chi connectivity index (χ1) is 12.3. The molecule has 0 atom stereocenters. The molecule has 130 valence electrons. The number of aromatic nitrogens is 2. The number of carbonyl (C=O) groups is 1. The first-order valence-electron chi connectivity index (χ1n) is 9.26. The smallest absolute Gasteiger partial charge is 0.272 e. The van der Waals surface area contributed by atoms with E-state index < -0.39 is 0 Å². The highest BCUT2D eigenvalue weighted by Gasteiger charge is 2.20. The molecule has 2 heterocycles. The minimum atomic E-state index is -0.102. The summed E-state index contributed by atoms with van der Waals surface area (Å²) >= 11 is 0. The molecule has 5 nitrogen and oxygen atoms in total. The van der Waals surface area contributed by atoms with Crippen LogP contribution < -0.4 is 10.2 Å². The molecule has 1 aromatic heterocycles. The maximum Gasteiger partial charge on any atom is 0.272 e. The van der Waals surface area contributed by atoms with Crippen molar-refractivity contribution in [3.63, 3.8) is 0 Å². The second-order valence-corrected chi connectivity index (χ2v) is 7.03. The lowest BCUT2D eigenvalue weighted by atomic mass is 9.95. The summed E-state index contributed by atoms with van der Waals surface area (Å²) in [7, 11) is 0. The number of fused-ring (bicyclic) bond motifs is 1. The molecular formula is C20H24N4O. The van der Waals surface area contributed by atoms with E-state index in [-0.39, 0.29) is 5.91 Å². The first-order valence-corrected chi connectivity index (χ1v) is 9.26. The van der Waals surface area contributed by atoms with Gasteiger partial charge in [-0.25, -0.2) is 0 Å². The van der Waals surface area contributed by atoms with Crippen molar-refractivity contribution in [3.05, 3.63) is 53.2 Å². The van der Waals surface area contributed by atoms with Gasteiger partial charge >= 0.3 is 0 Å². The van der Waals surface area contributed by atoms with E-state index >= 15 is 0 Å². The number of hydrogen-bond acceptors (Lipinski definition) is 4. The van der Waals surface area contributed by atoms with Gasteiger partial charge in [0.2, 0.25) is 0 Å². The molecule has 2 aliphatic rings. The van der Waals surface area contributed by atoms with Crippen molar-refractivity contribution >= 4 is 11.7 Å². The van der Waals surface area contributed by atoms with Crippen LogP contribution in [0.5, 0.6) is 0 Å². The van der Waals surface area contributed by atoms with E-state index in [4.69, 9.17) is 0 Å². The molecular weight excluding hydrogens is 312 g/mol. The van der Waals surface area contributed by atoms with E-state index in [1.54, 1.807) is 6.07 Å². The highest BCUT2D eigenvalue weighted by Crippen LogP contribution is 2.22. The predicted molar refractivity (Wildman–Crippen MR) is 97.6 cm³/mol. The number of benzene rings is 1. The molecule has 1 fully saturated rings. The maximum absolute atomic E-state index is 12.3. The second-order valence-electron chi connectivity index (χ2n) is 7.03. The molecule has 0 radical (unpaired) electrons. The quantitative estimate of drug-likeness (QED) is 0.936. The molecule has 0 spiro atoms. The van der Waals surface area contributed by atoms with E-state index in [1.807, 2.05) is 6.07 Å². The molecule has 4 rings (SSSR count). The summed E-state index contributed by atoms with van der Waals surface area (Å²) in [6.07, 6.45) is 6.84. The molecule has 0 bridgehead atoms. The Kier molecular flexibility index (Phi) is 4.63. The van der Waals surface area contributed by atoms with Crippen LogP contribution in [-0.4, -0.2) is 28.7 Å². The van der Waals surface area contributed by atoms with Gasteiger partial charge in [0.25, 0.3) is 5.91 Å². The Balaban J connectivity index is 1.41. The van der Waals surface area contributed by atoms with Crippen molar-refractivity contribution < 1.29 is 4.79 Å². The van der Waals surface area contributed by atoms with Crippen molar-refractivity contribution in [1.82, 2.24) is 15.5 Å². The summed E-state index contributed by atoms with van der Waals surface area (Å²) in [4.78, 5) is 14.6. The second kappa shape index (κ2) is 7.21. The highest BCUT2D eigenvalue weighted by atomic mass is 16.2. The molecule has 1 amide bonds. The van der Waals surface area contributed by atoms with Gasteiger partial charge in [0.15, 0.2) is 11.5 Å². The van der Waals surface area contributed by atoms with Crippen molar-refractivity contribution in [2.24, 2.45) is 0 Å². The number of nitrogens with one attached hydrogen (secondary N) is 1. The Morgan fingerprint density at radius 1 is 1.00 bits per heavy atom. The minimum absolute atomic E-state index is 0.102. The lowest BCUT2D eigenvalue weighted by molar-refractivity contribution is 0.0921. The molecule has 25 heavy (non-hydrogen) atoms. The van der Waals surface area contributed by atoms with Crippen LogP contribution in [0.1, 0.15) is 53.7 Å². The topological polar surface area (TPSA) is 58.1 Å². The van der Waals surface area contributed by atoms with Gasteiger partial charge in [-0.05, 0) is 42.5 Å². The number of carbonyl (C=O) groups excluding carboxylic acids is 1. The lowest BCUT2D eigenvalue weighted by Gasteiger charge is -2.29. The Labute approximate surface area is 148 Å². The van der Waals surface area contributed by atoms with Crippen LogP contribution in [-0.2, 0) is 13.0 Å². The standard InChI is InChI=1S/C20H24N4O/c25-20(21-17-8-2-1-3-9-17)18-10-11-19(23-22-18)24-13-12-15-6-4-5-7-16(15)14-24/h4-7,10-11,17H,1-3,8-9,12-14H2,(H,21,25). The van der Waals surface area contributed by atoms with Gasteiger partial charge in [-0.3, -0.25) is 4.79 Å². The highest BCUT2D eigenvalue weighted by molar-refractivity contribution is 5.92. The molecule has 1 aliphatic heterocycles. The van der Waals surface area contributed by atoms with Crippen LogP contribution in [0.15, 0.2) is 36.4 Å². The fraction of sp³-hybridized carbons (Fsp3) is 0.450. The van der Waals surface area contributed by atoms with E-state index in [2.05, 4.69) is 44.7 Å². The zero-order valence-electron chi connectivity index (χ0n) is 14.4. The normalized spacial score (nSPS) is 17.8. The van der Waals surface area contributed by atoms with E-state index in [0.29, 0.717) is 11.7 Å². The molecule has 2 aromatic rings. The summed E-state index contributed by atoms with van der Waals surface area (Å²) in [5.41, 5.74) is 3.16. The van der Waals surface area contributed by atoms with Gasteiger partial charge in [0.05, 0.1) is 0 Å². The van der Waals surface area contributed by atoms with Crippen molar-refractivity contribution in [2.45, 2.75) is 51.1 Å². The number of anilines is 1. The summed E-state index contributed by atoms with van der Waals surface area (Å²) in [5, 5.41) is 11.6. The Hall–Kier alpha value is -2.43. The third-order valence-corrected chi connectivity index (χ3v) is 5.28. The van der Waals surface area contributed by atoms with E-state index in [9.17, 15) is 4.79 Å². The molecule has 1 aliphatic carbocycles. The monoisotopic (exact) mass is 336 g/mol. The lowest BCUT2D eigenvalue weighted by Crippen LogP contribution is -2.37. The molecule has 1 N–H and O–H groups in total. The van der Waals surface area contributed by atoms with Crippen LogP contribution in [0.4, 0.5) is 5.82 Å². The number of hydrogen-bond donors (Lipinski definition) is 1. The van der Waals surface area contributed by atoms with Crippen molar-refractivity contribution in [1.29, 1.82) is 0 Å². The molecule has 1 saturated carbocycles. The molecule has 5 heteroatoms. The number of amides is 1. The van der Waals surface area contributed by atoms with Crippen LogP contribution in [0.2, 0.25) is 0 Å². The zero-order chi connectivity index (χ0) is 17.1. The Morgan fingerprint density at radius 3 is 2.56 bits per heavy atom. The van der Waals surface area contributed by atoms with Gasteiger partial charge in [-0.2, -0.15) is 0 Å². The summed E-state index contributed by atoms with van der Waals surface area (Å²) in [6, 6.07) is 12.5. The minimum Gasteiger partial charge on any atom is -0.350 e. The van der Waals surface area contributed by atoms with Crippen LogP contribution in [0.3, 0.4) is 0 Å².